The maximum absolute atomic E-state index is 11.0. The number of hydrogen-bond donors (Lipinski definition) is 1. The molecule has 0 rings (SSSR count). The molecule has 0 radical (unpaired) electrons. The smallest absolute Gasteiger partial charge is 0.323 e. The highest BCUT2D eigenvalue weighted by Crippen LogP contribution is 2.00. The third-order valence-electron chi connectivity index (χ3n) is 1.44. The molecule has 0 saturated carbocycles. The summed E-state index contributed by atoms with van der Waals surface area (Å²) in [7, 11) is 0. The van der Waals surface area contributed by atoms with Crippen molar-refractivity contribution in [3.63, 3.8) is 0 Å². The molecule has 0 heterocycles. The Morgan fingerprint density at radius 1 is 1.55 bits per heavy atom. The summed E-state index contributed by atoms with van der Waals surface area (Å²) in [5.41, 5.74) is 5.53. The molecule has 0 aliphatic carbocycles. The summed E-state index contributed by atoms with van der Waals surface area (Å²) in [5.74, 6) is -0.138. The van der Waals surface area contributed by atoms with Crippen LogP contribution in [0.2, 0.25) is 0 Å². The molecule has 0 amide bonds. The molecule has 0 aliphatic heterocycles. The third kappa shape index (κ3) is 3.98. The van der Waals surface area contributed by atoms with Crippen LogP contribution in [0.3, 0.4) is 0 Å². The molecule has 0 aromatic rings. The van der Waals surface area contributed by atoms with Gasteiger partial charge in [0.05, 0.1) is 6.61 Å². The summed E-state index contributed by atoms with van der Waals surface area (Å²) in [6.45, 7) is 6.23. The number of hydrogen-bond acceptors (Lipinski definition) is 3. The van der Waals surface area contributed by atoms with Gasteiger partial charge in [-0.3, -0.25) is 4.79 Å². The maximum atomic E-state index is 11.0. The van der Waals surface area contributed by atoms with Crippen LogP contribution in [0.4, 0.5) is 0 Å². The van der Waals surface area contributed by atoms with E-state index in [9.17, 15) is 4.79 Å². The first-order chi connectivity index (χ1) is 5.09. The first-order valence-electron chi connectivity index (χ1n) is 4.01. The number of ether oxygens (including phenoxy) is 1. The molecular formula is C8H17NO2. The van der Waals surface area contributed by atoms with Gasteiger partial charge < -0.3 is 10.5 Å². The van der Waals surface area contributed by atoms with Crippen molar-refractivity contribution in [1.82, 2.24) is 0 Å². The van der Waals surface area contributed by atoms with Crippen LogP contribution in [-0.4, -0.2) is 18.6 Å². The molecule has 11 heavy (non-hydrogen) atoms. The van der Waals surface area contributed by atoms with Crippen LogP contribution in [0.25, 0.3) is 0 Å². The molecule has 3 heteroatoms. The molecule has 66 valence electrons. The highest BCUT2D eigenvalue weighted by Gasteiger charge is 2.17. The molecule has 0 aromatic carbocycles. The van der Waals surface area contributed by atoms with Gasteiger partial charge in [0, 0.05) is 0 Å². The van der Waals surface area contributed by atoms with Crippen molar-refractivity contribution in [2.75, 3.05) is 6.61 Å². The molecule has 0 spiro atoms. The van der Waals surface area contributed by atoms with Crippen molar-refractivity contribution in [1.29, 1.82) is 0 Å². The summed E-state index contributed by atoms with van der Waals surface area (Å²) < 4.78 is 4.85. The van der Waals surface area contributed by atoms with E-state index in [-0.39, 0.29) is 11.9 Å². The Bertz CT molecular complexity index is 123. The van der Waals surface area contributed by atoms with E-state index in [1.54, 1.807) is 0 Å². The van der Waals surface area contributed by atoms with E-state index in [1.165, 1.54) is 0 Å². The third-order valence-corrected chi connectivity index (χ3v) is 1.44. The lowest BCUT2D eigenvalue weighted by atomic mass is 10.1. The first kappa shape index (κ1) is 10.4. The summed E-state index contributed by atoms with van der Waals surface area (Å²) in [6, 6.07) is -0.471. The second-order valence-corrected chi connectivity index (χ2v) is 2.94. The molecule has 0 unspecified atom stereocenters. The van der Waals surface area contributed by atoms with E-state index in [0.717, 1.165) is 6.42 Å². The van der Waals surface area contributed by atoms with Crippen molar-refractivity contribution < 1.29 is 9.53 Å². The predicted molar refractivity (Wildman–Crippen MR) is 44.1 cm³/mol. The van der Waals surface area contributed by atoms with E-state index in [2.05, 4.69) is 0 Å². The van der Waals surface area contributed by atoms with Crippen molar-refractivity contribution in [2.45, 2.75) is 33.2 Å². The van der Waals surface area contributed by atoms with Crippen LogP contribution in [0, 0.1) is 5.92 Å². The van der Waals surface area contributed by atoms with Gasteiger partial charge in [-0.15, -0.1) is 0 Å². The Balaban J connectivity index is 3.64. The van der Waals surface area contributed by atoms with Crippen LogP contribution in [0.1, 0.15) is 27.2 Å². The fraction of sp³-hybridized carbons (Fsp3) is 0.875. The summed E-state index contributed by atoms with van der Waals surface area (Å²) in [5, 5.41) is 0. The summed E-state index contributed by atoms with van der Waals surface area (Å²) >= 11 is 0. The number of carbonyl (C=O) groups is 1. The van der Waals surface area contributed by atoms with E-state index < -0.39 is 6.04 Å². The van der Waals surface area contributed by atoms with Crippen molar-refractivity contribution >= 4 is 5.97 Å². The van der Waals surface area contributed by atoms with Gasteiger partial charge in [-0.1, -0.05) is 20.8 Å². The standard InChI is InChI=1S/C8H17NO2/c1-4-5-11-8(10)7(9)6(2)3/h6-7H,4-5,9H2,1-3H3/t7-/m0/s1. The molecular weight excluding hydrogens is 142 g/mol. The summed E-state index contributed by atoms with van der Waals surface area (Å²) in [6.07, 6.45) is 0.844. The Labute approximate surface area is 67.9 Å². The molecule has 3 nitrogen and oxygen atoms in total. The second kappa shape index (κ2) is 5.13. The Hall–Kier alpha value is -0.570. The Kier molecular flexibility index (Phi) is 4.86. The average molecular weight is 159 g/mol. The monoisotopic (exact) mass is 159 g/mol. The second-order valence-electron chi connectivity index (χ2n) is 2.94. The van der Waals surface area contributed by atoms with Crippen LogP contribution in [0.15, 0.2) is 0 Å². The average Bonchev–Trinajstić information content (AvgIpc) is 1.98. The molecule has 1 atom stereocenters. The largest absolute Gasteiger partial charge is 0.465 e. The van der Waals surface area contributed by atoms with Gasteiger partial charge in [0.25, 0.3) is 0 Å². The van der Waals surface area contributed by atoms with Gasteiger partial charge in [0.1, 0.15) is 6.04 Å². The number of esters is 1. The lowest BCUT2D eigenvalue weighted by molar-refractivity contribution is -0.146. The molecule has 0 aromatic heterocycles. The maximum Gasteiger partial charge on any atom is 0.323 e. The minimum absolute atomic E-state index is 0.152. The molecule has 0 saturated heterocycles. The van der Waals surface area contributed by atoms with Crippen molar-refractivity contribution in [3.8, 4) is 0 Å². The quantitative estimate of drug-likeness (QED) is 0.621. The lowest BCUT2D eigenvalue weighted by Gasteiger charge is -2.13. The van der Waals surface area contributed by atoms with Gasteiger partial charge in [-0.25, -0.2) is 0 Å². The van der Waals surface area contributed by atoms with E-state index in [0.29, 0.717) is 6.61 Å². The minimum Gasteiger partial charge on any atom is -0.465 e. The number of nitrogens with two attached hydrogens (primary N) is 1. The normalized spacial score (nSPS) is 13.2. The topological polar surface area (TPSA) is 52.3 Å². The van der Waals surface area contributed by atoms with Crippen molar-refractivity contribution in [2.24, 2.45) is 11.7 Å². The number of carbonyl (C=O) groups excluding carboxylic acids is 1. The fourth-order valence-electron chi connectivity index (χ4n) is 0.571. The zero-order chi connectivity index (χ0) is 8.85. The SMILES string of the molecule is CCCOC(=O)[C@@H](N)C(C)C. The van der Waals surface area contributed by atoms with Gasteiger partial charge >= 0.3 is 5.97 Å². The van der Waals surface area contributed by atoms with E-state index in [4.69, 9.17) is 10.5 Å². The lowest BCUT2D eigenvalue weighted by Crippen LogP contribution is -2.37. The van der Waals surface area contributed by atoms with Crippen LogP contribution in [0.5, 0.6) is 0 Å². The Morgan fingerprint density at radius 3 is 2.45 bits per heavy atom. The minimum atomic E-state index is -0.471. The van der Waals surface area contributed by atoms with Crippen LogP contribution >= 0.6 is 0 Å². The van der Waals surface area contributed by atoms with Gasteiger partial charge in [-0.2, -0.15) is 0 Å². The molecule has 2 N–H and O–H groups in total. The molecule has 0 aliphatic rings. The van der Waals surface area contributed by atoms with Crippen LogP contribution < -0.4 is 5.73 Å². The van der Waals surface area contributed by atoms with E-state index in [1.807, 2.05) is 20.8 Å². The van der Waals surface area contributed by atoms with E-state index >= 15 is 0 Å². The van der Waals surface area contributed by atoms with Crippen molar-refractivity contribution in [3.05, 3.63) is 0 Å². The van der Waals surface area contributed by atoms with Gasteiger partial charge in [0.2, 0.25) is 0 Å². The van der Waals surface area contributed by atoms with Gasteiger partial charge in [-0.05, 0) is 12.3 Å². The van der Waals surface area contributed by atoms with Gasteiger partial charge in [0.15, 0.2) is 0 Å². The molecule has 0 bridgehead atoms. The Morgan fingerprint density at radius 2 is 2.09 bits per heavy atom. The highest BCUT2D eigenvalue weighted by molar-refractivity contribution is 5.75. The number of rotatable bonds is 4. The summed E-state index contributed by atoms with van der Waals surface area (Å²) in [4.78, 5) is 11.0. The predicted octanol–water partition coefficient (Wildman–Crippen LogP) is 0.923. The fourth-order valence-corrected chi connectivity index (χ4v) is 0.571. The molecule has 0 fully saturated rings. The van der Waals surface area contributed by atoms with Crippen LogP contribution in [-0.2, 0) is 9.53 Å². The highest BCUT2D eigenvalue weighted by atomic mass is 16.5. The first-order valence-corrected chi connectivity index (χ1v) is 4.01. The zero-order valence-electron chi connectivity index (χ0n) is 7.46. The zero-order valence-corrected chi connectivity index (χ0v) is 7.46.